The van der Waals surface area contributed by atoms with Gasteiger partial charge in [0.15, 0.2) is 5.13 Å². The molecule has 0 atom stereocenters. The molecule has 2 aromatic heterocycles. The maximum atomic E-state index is 12.7. The molecule has 1 N–H and O–H groups in total. The standard InChI is InChI=1S/C23H21N3O5S/c1-5-30-19-11-20-17(13(3)14(4)31-20)10-16(19)12(2)8-22(27)25-23-24-18-7-6-15(26(28)29)9-21(18)32-23/h6-11H,5H2,1-4H3,(H,24,25,27)/b12-8+. The molecule has 0 aliphatic rings. The highest BCUT2D eigenvalue weighted by molar-refractivity contribution is 7.22. The number of non-ortho nitro benzene ring substituents is 1. The van der Waals surface area contributed by atoms with Crippen molar-refractivity contribution < 1.29 is 18.9 Å². The second kappa shape index (κ2) is 8.43. The number of fused-ring (bicyclic) bond motifs is 2. The maximum Gasteiger partial charge on any atom is 0.270 e. The number of nitrogens with zero attached hydrogens (tertiary/aromatic N) is 2. The lowest BCUT2D eigenvalue weighted by Crippen LogP contribution is -2.08. The minimum absolute atomic E-state index is 0.0154. The molecule has 0 saturated heterocycles. The number of allylic oxidation sites excluding steroid dienone is 1. The molecule has 32 heavy (non-hydrogen) atoms. The van der Waals surface area contributed by atoms with Crippen molar-refractivity contribution in [1.29, 1.82) is 0 Å². The predicted octanol–water partition coefficient (Wildman–Crippen LogP) is 6.01. The van der Waals surface area contributed by atoms with Crippen LogP contribution < -0.4 is 10.1 Å². The van der Waals surface area contributed by atoms with Crippen molar-refractivity contribution in [1.82, 2.24) is 4.98 Å². The molecule has 0 bridgehead atoms. The number of thiazole rings is 1. The number of aryl methyl sites for hydroxylation is 2. The van der Waals surface area contributed by atoms with Crippen LogP contribution in [0.2, 0.25) is 0 Å². The highest BCUT2D eigenvalue weighted by Crippen LogP contribution is 2.35. The van der Waals surface area contributed by atoms with E-state index in [-0.39, 0.29) is 11.6 Å². The van der Waals surface area contributed by atoms with Crippen LogP contribution in [-0.4, -0.2) is 22.4 Å². The summed E-state index contributed by atoms with van der Waals surface area (Å²) in [7, 11) is 0. The van der Waals surface area contributed by atoms with E-state index in [1.807, 2.05) is 39.8 Å². The van der Waals surface area contributed by atoms with Crippen LogP contribution in [0.4, 0.5) is 10.8 Å². The number of nitro benzene ring substituents is 1. The van der Waals surface area contributed by atoms with Crippen LogP contribution in [-0.2, 0) is 4.79 Å². The summed E-state index contributed by atoms with van der Waals surface area (Å²) >= 11 is 1.18. The molecule has 8 nitrogen and oxygen atoms in total. The Kier molecular flexibility index (Phi) is 5.67. The van der Waals surface area contributed by atoms with Gasteiger partial charge in [-0.1, -0.05) is 11.3 Å². The van der Waals surface area contributed by atoms with Gasteiger partial charge in [-0.2, -0.15) is 0 Å². The summed E-state index contributed by atoms with van der Waals surface area (Å²) in [4.78, 5) is 27.5. The summed E-state index contributed by atoms with van der Waals surface area (Å²) in [6.45, 7) is 8.13. The van der Waals surface area contributed by atoms with Gasteiger partial charge in [0.1, 0.15) is 17.1 Å². The molecule has 9 heteroatoms. The summed E-state index contributed by atoms with van der Waals surface area (Å²) in [5.41, 5.74) is 3.89. The van der Waals surface area contributed by atoms with E-state index in [1.165, 1.54) is 29.5 Å². The summed E-state index contributed by atoms with van der Waals surface area (Å²) in [6.07, 6.45) is 1.49. The molecular formula is C23H21N3O5S. The largest absolute Gasteiger partial charge is 0.493 e. The van der Waals surface area contributed by atoms with Gasteiger partial charge in [-0.25, -0.2) is 4.98 Å². The number of amides is 1. The van der Waals surface area contributed by atoms with E-state index < -0.39 is 4.92 Å². The lowest BCUT2D eigenvalue weighted by molar-refractivity contribution is -0.384. The molecule has 0 fully saturated rings. The average Bonchev–Trinajstić information content (AvgIpc) is 3.26. The quantitative estimate of drug-likeness (QED) is 0.219. The fourth-order valence-corrected chi connectivity index (χ4v) is 4.35. The van der Waals surface area contributed by atoms with Crippen LogP contribution in [0.1, 0.15) is 30.7 Å². The first kappa shape index (κ1) is 21.5. The summed E-state index contributed by atoms with van der Waals surface area (Å²) in [5.74, 6) is 1.14. The van der Waals surface area contributed by atoms with Crippen LogP contribution in [0.5, 0.6) is 5.75 Å². The number of hydrogen-bond donors (Lipinski definition) is 1. The lowest BCUT2D eigenvalue weighted by atomic mass is 10.0. The number of ether oxygens (including phenoxy) is 1. The molecule has 0 aliphatic heterocycles. The molecule has 0 radical (unpaired) electrons. The topological polar surface area (TPSA) is 108 Å². The Labute approximate surface area is 187 Å². The monoisotopic (exact) mass is 451 g/mol. The maximum absolute atomic E-state index is 12.7. The van der Waals surface area contributed by atoms with Gasteiger partial charge in [-0.05, 0) is 51.0 Å². The van der Waals surface area contributed by atoms with E-state index in [1.54, 1.807) is 6.07 Å². The molecule has 0 unspecified atom stereocenters. The van der Waals surface area contributed by atoms with Gasteiger partial charge in [-0.3, -0.25) is 20.2 Å². The van der Waals surface area contributed by atoms with Crippen molar-refractivity contribution in [2.24, 2.45) is 0 Å². The van der Waals surface area contributed by atoms with Gasteiger partial charge >= 0.3 is 0 Å². The van der Waals surface area contributed by atoms with E-state index in [0.717, 1.165) is 33.4 Å². The molecule has 1 amide bonds. The number of benzene rings is 2. The van der Waals surface area contributed by atoms with Crippen LogP contribution in [0.25, 0.3) is 26.8 Å². The highest BCUT2D eigenvalue weighted by atomic mass is 32.1. The molecule has 2 aromatic carbocycles. The van der Waals surface area contributed by atoms with Crippen LogP contribution in [0.15, 0.2) is 40.8 Å². The molecule has 4 aromatic rings. The normalized spacial score (nSPS) is 11.8. The predicted molar refractivity (Wildman–Crippen MR) is 125 cm³/mol. The number of carbonyl (C=O) groups excluding carboxylic acids is 1. The van der Waals surface area contributed by atoms with Crippen molar-refractivity contribution >= 4 is 54.8 Å². The number of nitrogens with one attached hydrogen (secondary N) is 1. The molecule has 164 valence electrons. The molecule has 0 aliphatic carbocycles. The number of carbonyl (C=O) groups is 1. The van der Waals surface area contributed by atoms with Crippen molar-refractivity contribution in [3.63, 3.8) is 0 Å². The van der Waals surface area contributed by atoms with Crippen LogP contribution in [0, 0.1) is 24.0 Å². The number of aromatic nitrogens is 1. The smallest absolute Gasteiger partial charge is 0.270 e. The van der Waals surface area contributed by atoms with Gasteiger partial charge in [-0.15, -0.1) is 0 Å². The van der Waals surface area contributed by atoms with Gasteiger partial charge in [0.05, 0.1) is 21.7 Å². The van der Waals surface area contributed by atoms with Crippen molar-refractivity contribution in [2.75, 3.05) is 11.9 Å². The molecular weight excluding hydrogens is 430 g/mol. The van der Waals surface area contributed by atoms with Crippen molar-refractivity contribution in [2.45, 2.75) is 27.7 Å². The average molecular weight is 452 g/mol. The minimum atomic E-state index is -0.459. The number of nitro groups is 1. The Bertz CT molecular complexity index is 1400. The SMILES string of the molecule is CCOc1cc2oc(C)c(C)c2cc1/C(C)=C/C(=O)Nc1nc2ccc([N+](=O)[O-])cc2s1. The van der Waals surface area contributed by atoms with E-state index in [2.05, 4.69) is 10.3 Å². The Balaban J connectivity index is 1.63. The number of rotatable bonds is 6. The summed E-state index contributed by atoms with van der Waals surface area (Å²) in [6, 6.07) is 8.23. The lowest BCUT2D eigenvalue weighted by Gasteiger charge is -2.11. The first-order valence-electron chi connectivity index (χ1n) is 9.98. The Morgan fingerprint density at radius 3 is 2.81 bits per heavy atom. The first-order chi connectivity index (χ1) is 15.3. The third-order valence-electron chi connectivity index (χ3n) is 5.16. The van der Waals surface area contributed by atoms with Crippen molar-refractivity contribution in [3.8, 4) is 5.75 Å². The van der Waals surface area contributed by atoms with Gasteiger partial charge in [0, 0.05) is 35.2 Å². The zero-order chi connectivity index (χ0) is 23.0. The Morgan fingerprint density at radius 2 is 2.09 bits per heavy atom. The first-order valence-corrected chi connectivity index (χ1v) is 10.8. The fraction of sp³-hybridized carbons (Fsp3) is 0.217. The second-order valence-electron chi connectivity index (χ2n) is 7.31. The zero-order valence-electron chi connectivity index (χ0n) is 18.0. The number of anilines is 1. The van der Waals surface area contributed by atoms with Crippen LogP contribution >= 0.6 is 11.3 Å². The van der Waals surface area contributed by atoms with Crippen LogP contribution in [0.3, 0.4) is 0 Å². The second-order valence-corrected chi connectivity index (χ2v) is 8.34. The summed E-state index contributed by atoms with van der Waals surface area (Å²) in [5, 5.41) is 15.1. The zero-order valence-corrected chi connectivity index (χ0v) is 18.8. The fourth-order valence-electron chi connectivity index (χ4n) is 3.45. The molecule has 4 rings (SSSR count). The highest BCUT2D eigenvalue weighted by Gasteiger charge is 2.16. The number of furan rings is 1. The number of hydrogen-bond acceptors (Lipinski definition) is 7. The minimum Gasteiger partial charge on any atom is -0.493 e. The van der Waals surface area contributed by atoms with E-state index in [0.29, 0.717) is 27.7 Å². The van der Waals surface area contributed by atoms with Gasteiger partial charge < -0.3 is 9.15 Å². The molecule has 0 spiro atoms. The van der Waals surface area contributed by atoms with Gasteiger partial charge in [0.2, 0.25) is 5.91 Å². The Hall–Kier alpha value is -3.72. The van der Waals surface area contributed by atoms with E-state index in [9.17, 15) is 14.9 Å². The molecule has 0 saturated carbocycles. The Morgan fingerprint density at radius 1 is 1.31 bits per heavy atom. The summed E-state index contributed by atoms with van der Waals surface area (Å²) < 4.78 is 12.2. The third-order valence-corrected chi connectivity index (χ3v) is 6.10. The van der Waals surface area contributed by atoms with Gasteiger partial charge in [0.25, 0.3) is 5.69 Å². The molecule has 2 heterocycles. The third kappa shape index (κ3) is 4.06. The van der Waals surface area contributed by atoms with Crippen molar-refractivity contribution in [3.05, 3.63) is 63.4 Å². The van der Waals surface area contributed by atoms with E-state index in [4.69, 9.17) is 9.15 Å². The van der Waals surface area contributed by atoms with E-state index >= 15 is 0 Å².